The van der Waals surface area contributed by atoms with E-state index in [1.54, 1.807) is 19.3 Å². The molecule has 0 fully saturated rings. The molecule has 0 spiro atoms. The summed E-state index contributed by atoms with van der Waals surface area (Å²) in [4.78, 5) is 4.16. The molecule has 3 heteroatoms. The van der Waals surface area contributed by atoms with Crippen molar-refractivity contribution in [3.63, 3.8) is 0 Å². The van der Waals surface area contributed by atoms with Crippen LogP contribution in [0.3, 0.4) is 0 Å². The lowest BCUT2D eigenvalue weighted by atomic mass is 10.2. The molecule has 1 aromatic rings. The Morgan fingerprint density at radius 3 is 2.85 bits per heavy atom. The van der Waals surface area contributed by atoms with Crippen molar-refractivity contribution in [1.82, 2.24) is 4.98 Å². The van der Waals surface area contributed by atoms with Crippen LogP contribution in [0.15, 0.2) is 18.2 Å². The lowest BCUT2D eigenvalue weighted by Crippen LogP contribution is -1.91. The van der Waals surface area contributed by atoms with E-state index in [-0.39, 0.29) is 0 Å². The van der Waals surface area contributed by atoms with Gasteiger partial charge in [0.25, 0.3) is 0 Å². The van der Waals surface area contributed by atoms with Crippen molar-refractivity contribution in [1.29, 1.82) is 5.26 Å². The largest absolute Gasteiger partial charge is 0.481 e. The highest BCUT2D eigenvalue weighted by Gasteiger charge is 1.97. The standard InChI is InChI=1S/C10H10N2O/c1-8-9(4-3-7-11)5-6-10(12-8)13-2/h3-6H,1-2H3. The van der Waals surface area contributed by atoms with Crippen molar-refractivity contribution >= 4 is 6.08 Å². The number of allylic oxidation sites excluding steroid dienone is 1. The molecule has 0 aliphatic rings. The number of nitrogens with zero attached hydrogens (tertiary/aromatic N) is 2. The first-order valence-corrected chi connectivity index (χ1v) is 3.85. The Labute approximate surface area is 77.3 Å². The van der Waals surface area contributed by atoms with Crippen molar-refractivity contribution in [3.05, 3.63) is 29.5 Å². The number of rotatable bonds is 2. The van der Waals surface area contributed by atoms with Crippen LogP contribution in [0.5, 0.6) is 5.88 Å². The van der Waals surface area contributed by atoms with E-state index < -0.39 is 0 Å². The maximum atomic E-state index is 8.34. The van der Waals surface area contributed by atoms with Crippen molar-refractivity contribution in [2.45, 2.75) is 6.92 Å². The molecule has 0 aliphatic carbocycles. The highest BCUT2D eigenvalue weighted by atomic mass is 16.5. The number of ether oxygens (including phenoxy) is 1. The zero-order chi connectivity index (χ0) is 9.68. The first-order chi connectivity index (χ1) is 6.27. The van der Waals surface area contributed by atoms with E-state index in [1.165, 1.54) is 6.08 Å². The molecule has 0 aromatic carbocycles. The summed E-state index contributed by atoms with van der Waals surface area (Å²) in [7, 11) is 1.58. The number of hydrogen-bond donors (Lipinski definition) is 0. The third-order valence-electron chi connectivity index (χ3n) is 1.65. The molecule has 66 valence electrons. The normalized spacial score (nSPS) is 9.92. The van der Waals surface area contributed by atoms with E-state index in [9.17, 15) is 0 Å². The Bertz CT molecular complexity index is 364. The molecule has 1 heterocycles. The predicted octanol–water partition coefficient (Wildman–Crippen LogP) is 1.94. The fourth-order valence-corrected chi connectivity index (χ4v) is 0.966. The van der Waals surface area contributed by atoms with Crippen molar-refractivity contribution in [2.24, 2.45) is 0 Å². The maximum Gasteiger partial charge on any atom is 0.213 e. The van der Waals surface area contributed by atoms with Gasteiger partial charge < -0.3 is 4.74 Å². The quantitative estimate of drug-likeness (QED) is 0.643. The zero-order valence-electron chi connectivity index (χ0n) is 7.61. The summed E-state index contributed by atoms with van der Waals surface area (Å²) in [5.41, 5.74) is 1.79. The van der Waals surface area contributed by atoms with Crippen LogP contribution in [0.25, 0.3) is 6.08 Å². The molecule has 0 saturated carbocycles. The molecule has 13 heavy (non-hydrogen) atoms. The van der Waals surface area contributed by atoms with E-state index in [1.807, 2.05) is 19.1 Å². The van der Waals surface area contributed by atoms with E-state index in [4.69, 9.17) is 10.00 Å². The summed E-state index contributed by atoms with van der Waals surface area (Å²) in [5.74, 6) is 0.589. The van der Waals surface area contributed by atoms with Crippen LogP contribution in [-0.2, 0) is 0 Å². The Balaban J connectivity index is 3.00. The Morgan fingerprint density at radius 1 is 1.54 bits per heavy atom. The number of hydrogen-bond acceptors (Lipinski definition) is 3. The van der Waals surface area contributed by atoms with E-state index >= 15 is 0 Å². The predicted molar refractivity (Wildman–Crippen MR) is 50.2 cm³/mol. The van der Waals surface area contributed by atoms with Gasteiger partial charge in [-0.05, 0) is 24.6 Å². The fourth-order valence-electron chi connectivity index (χ4n) is 0.966. The first-order valence-electron chi connectivity index (χ1n) is 3.85. The molecule has 0 amide bonds. The number of aromatic nitrogens is 1. The third-order valence-corrected chi connectivity index (χ3v) is 1.65. The highest BCUT2D eigenvalue weighted by Crippen LogP contribution is 2.12. The van der Waals surface area contributed by atoms with Crippen molar-refractivity contribution in [3.8, 4) is 11.9 Å². The van der Waals surface area contributed by atoms with Gasteiger partial charge in [-0.15, -0.1) is 0 Å². The summed E-state index contributed by atoms with van der Waals surface area (Å²) in [6.07, 6.45) is 3.15. The molecular weight excluding hydrogens is 164 g/mol. The second-order valence-electron chi connectivity index (χ2n) is 2.49. The number of nitriles is 1. The van der Waals surface area contributed by atoms with Crippen LogP contribution in [-0.4, -0.2) is 12.1 Å². The van der Waals surface area contributed by atoms with Gasteiger partial charge in [-0.25, -0.2) is 4.98 Å². The van der Waals surface area contributed by atoms with Gasteiger partial charge >= 0.3 is 0 Å². The van der Waals surface area contributed by atoms with Gasteiger partial charge in [0.1, 0.15) is 0 Å². The molecule has 0 saturated heterocycles. The minimum Gasteiger partial charge on any atom is -0.481 e. The number of methoxy groups -OCH3 is 1. The molecule has 3 nitrogen and oxygen atoms in total. The highest BCUT2D eigenvalue weighted by molar-refractivity contribution is 5.54. The second-order valence-corrected chi connectivity index (χ2v) is 2.49. The molecule has 0 aliphatic heterocycles. The van der Waals surface area contributed by atoms with Crippen molar-refractivity contribution < 1.29 is 4.74 Å². The molecule has 0 atom stereocenters. The minimum atomic E-state index is 0.589. The van der Waals surface area contributed by atoms with Crippen LogP contribution >= 0.6 is 0 Å². The van der Waals surface area contributed by atoms with E-state index in [0.717, 1.165) is 11.3 Å². The van der Waals surface area contributed by atoms with Crippen molar-refractivity contribution in [2.75, 3.05) is 7.11 Å². The topological polar surface area (TPSA) is 45.9 Å². The zero-order valence-corrected chi connectivity index (χ0v) is 7.61. The van der Waals surface area contributed by atoms with Crippen LogP contribution in [0.2, 0.25) is 0 Å². The van der Waals surface area contributed by atoms with Gasteiger partial charge in [-0.3, -0.25) is 0 Å². The molecule has 0 bridgehead atoms. The van der Waals surface area contributed by atoms with Crippen LogP contribution < -0.4 is 4.74 Å². The lowest BCUT2D eigenvalue weighted by molar-refractivity contribution is 0.397. The van der Waals surface area contributed by atoms with Gasteiger partial charge in [0.2, 0.25) is 5.88 Å². The van der Waals surface area contributed by atoms with Gasteiger partial charge in [0.15, 0.2) is 0 Å². The van der Waals surface area contributed by atoms with Gasteiger partial charge in [-0.1, -0.05) is 0 Å². The van der Waals surface area contributed by atoms with Gasteiger partial charge in [-0.2, -0.15) is 5.26 Å². The molecule has 0 unspecified atom stereocenters. The van der Waals surface area contributed by atoms with Crippen LogP contribution in [0, 0.1) is 18.3 Å². The van der Waals surface area contributed by atoms with Gasteiger partial charge in [0.05, 0.1) is 13.2 Å². The average Bonchev–Trinajstić information content (AvgIpc) is 2.16. The molecule has 1 rings (SSSR count). The first kappa shape index (κ1) is 9.27. The molecular formula is C10H10N2O. The Hall–Kier alpha value is -1.82. The maximum absolute atomic E-state index is 8.34. The van der Waals surface area contributed by atoms with Crippen LogP contribution in [0.4, 0.5) is 0 Å². The lowest BCUT2D eigenvalue weighted by Gasteiger charge is -2.01. The third kappa shape index (κ3) is 2.31. The molecule has 0 N–H and O–H groups in total. The van der Waals surface area contributed by atoms with E-state index in [0.29, 0.717) is 5.88 Å². The SMILES string of the molecule is COc1ccc(C=CC#N)c(C)n1. The monoisotopic (exact) mass is 174 g/mol. The fraction of sp³-hybridized carbons (Fsp3) is 0.200. The molecule has 1 aromatic heterocycles. The molecule has 0 radical (unpaired) electrons. The smallest absolute Gasteiger partial charge is 0.213 e. The van der Waals surface area contributed by atoms with Gasteiger partial charge in [0, 0.05) is 17.8 Å². The Kier molecular flexibility index (Phi) is 3.04. The second kappa shape index (κ2) is 4.27. The average molecular weight is 174 g/mol. The van der Waals surface area contributed by atoms with E-state index in [2.05, 4.69) is 4.98 Å². The van der Waals surface area contributed by atoms with Crippen LogP contribution in [0.1, 0.15) is 11.3 Å². The number of aryl methyl sites for hydroxylation is 1. The minimum absolute atomic E-state index is 0.589. The summed E-state index contributed by atoms with van der Waals surface area (Å²) in [6.45, 7) is 1.87. The summed E-state index contributed by atoms with van der Waals surface area (Å²) in [6, 6.07) is 5.57. The number of pyridine rings is 1. The summed E-state index contributed by atoms with van der Waals surface area (Å²) in [5, 5.41) is 8.34. The Morgan fingerprint density at radius 2 is 2.31 bits per heavy atom. The summed E-state index contributed by atoms with van der Waals surface area (Å²) < 4.78 is 4.95. The summed E-state index contributed by atoms with van der Waals surface area (Å²) >= 11 is 0.